The summed E-state index contributed by atoms with van der Waals surface area (Å²) in [5.41, 5.74) is 0.437. The summed E-state index contributed by atoms with van der Waals surface area (Å²) in [5, 5.41) is 0. The van der Waals surface area contributed by atoms with Crippen molar-refractivity contribution in [2.24, 2.45) is 0 Å². The zero-order valence-electron chi connectivity index (χ0n) is 14.7. The molecule has 24 heavy (non-hydrogen) atoms. The molecular formula is C18H26O6. The van der Waals surface area contributed by atoms with Crippen molar-refractivity contribution in [3.05, 3.63) is 35.9 Å². The predicted molar refractivity (Wildman–Crippen MR) is 88.3 cm³/mol. The largest absolute Gasteiger partial charge is 0.458 e. The molecule has 2 atom stereocenters. The lowest BCUT2D eigenvalue weighted by atomic mass is 10.2. The summed E-state index contributed by atoms with van der Waals surface area (Å²) in [4.78, 5) is 22.7. The number of benzene rings is 1. The normalized spacial score (nSPS) is 14.0. The molecule has 0 fully saturated rings. The molecule has 6 nitrogen and oxygen atoms in total. The van der Waals surface area contributed by atoms with Crippen LogP contribution >= 0.6 is 0 Å². The van der Waals surface area contributed by atoms with Crippen molar-refractivity contribution in [2.75, 3.05) is 13.4 Å². The summed E-state index contributed by atoms with van der Waals surface area (Å²) < 4.78 is 21.2. The second-order valence-electron chi connectivity index (χ2n) is 6.32. The first-order valence-electron chi connectivity index (χ1n) is 7.84. The minimum absolute atomic E-state index is 0.0240. The van der Waals surface area contributed by atoms with Gasteiger partial charge in [-0.3, -0.25) is 0 Å². The highest BCUT2D eigenvalue weighted by Crippen LogP contribution is 2.09. The number of aldehydes is 1. The average molecular weight is 338 g/mol. The van der Waals surface area contributed by atoms with Crippen LogP contribution in [0.1, 0.15) is 33.3 Å². The van der Waals surface area contributed by atoms with E-state index in [-0.39, 0.29) is 13.4 Å². The first kappa shape index (κ1) is 20.3. The van der Waals surface area contributed by atoms with Gasteiger partial charge in [0.1, 0.15) is 25.1 Å². The number of esters is 1. The van der Waals surface area contributed by atoms with E-state index in [4.69, 9.17) is 18.9 Å². The van der Waals surface area contributed by atoms with Gasteiger partial charge in [0.05, 0.1) is 12.7 Å². The molecule has 0 aromatic heterocycles. The number of hydrogen-bond donors (Lipinski definition) is 0. The van der Waals surface area contributed by atoms with Crippen molar-refractivity contribution in [1.29, 1.82) is 0 Å². The van der Waals surface area contributed by atoms with Gasteiger partial charge in [-0.1, -0.05) is 30.3 Å². The molecule has 0 unspecified atom stereocenters. The van der Waals surface area contributed by atoms with Crippen LogP contribution in [0.4, 0.5) is 0 Å². The molecule has 1 rings (SSSR count). The van der Waals surface area contributed by atoms with E-state index in [0.717, 1.165) is 5.56 Å². The van der Waals surface area contributed by atoms with Gasteiger partial charge in [0.15, 0.2) is 6.29 Å². The van der Waals surface area contributed by atoms with E-state index in [1.54, 1.807) is 27.7 Å². The Kier molecular flexibility index (Phi) is 8.60. The van der Waals surface area contributed by atoms with Crippen LogP contribution in [0, 0.1) is 0 Å². The molecule has 0 radical (unpaired) electrons. The first-order valence-corrected chi connectivity index (χ1v) is 7.84. The van der Waals surface area contributed by atoms with Crippen molar-refractivity contribution in [3.8, 4) is 0 Å². The SMILES string of the molecule is C[C@H](OCOCc1ccccc1)[C@@H](C=O)OCC(=O)OC(C)(C)C. The highest BCUT2D eigenvalue weighted by Gasteiger charge is 2.22. The van der Waals surface area contributed by atoms with Crippen LogP contribution in [0.15, 0.2) is 30.3 Å². The van der Waals surface area contributed by atoms with Gasteiger partial charge in [0, 0.05) is 0 Å². The molecule has 6 heteroatoms. The lowest BCUT2D eigenvalue weighted by Crippen LogP contribution is -2.34. The molecule has 0 aliphatic heterocycles. The smallest absolute Gasteiger partial charge is 0.332 e. The highest BCUT2D eigenvalue weighted by molar-refractivity contribution is 5.71. The van der Waals surface area contributed by atoms with Gasteiger partial charge in [-0.15, -0.1) is 0 Å². The molecule has 0 spiro atoms. The zero-order chi connectivity index (χ0) is 18.0. The second kappa shape index (κ2) is 10.2. The van der Waals surface area contributed by atoms with Crippen molar-refractivity contribution in [3.63, 3.8) is 0 Å². The lowest BCUT2D eigenvalue weighted by Gasteiger charge is -2.22. The molecule has 1 aromatic rings. The standard InChI is InChI=1S/C18H26O6/c1-14(23-13-21-11-15-8-6-5-7-9-15)16(10-19)22-12-17(20)24-18(2,3)4/h5-10,14,16H,11-13H2,1-4H3/t14-,16+/m0/s1. The van der Waals surface area contributed by atoms with E-state index < -0.39 is 23.8 Å². The third-order valence-corrected chi connectivity index (χ3v) is 2.94. The fraction of sp³-hybridized carbons (Fsp3) is 0.556. The molecule has 0 saturated carbocycles. The Labute approximate surface area is 143 Å². The molecule has 0 aliphatic carbocycles. The predicted octanol–water partition coefficient (Wildman–Crippen LogP) is 2.49. The molecule has 1 aromatic carbocycles. The van der Waals surface area contributed by atoms with Crippen LogP contribution in [0.3, 0.4) is 0 Å². The second-order valence-corrected chi connectivity index (χ2v) is 6.32. The number of ether oxygens (including phenoxy) is 4. The number of carbonyl (C=O) groups is 2. The van der Waals surface area contributed by atoms with Crippen LogP contribution in [-0.2, 0) is 35.1 Å². The average Bonchev–Trinajstić information content (AvgIpc) is 2.51. The molecular weight excluding hydrogens is 312 g/mol. The Morgan fingerprint density at radius 3 is 2.42 bits per heavy atom. The van der Waals surface area contributed by atoms with Crippen LogP contribution in [0.5, 0.6) is 0 Å². The molecule has 134 valence electrons. The van der Waals surface area contributed by atoms with Crippen LogP contribution in [-0.4, -0.2) is 43.5 Å². The molecule has 0 aliphatic rings. The highest BCUT2D eigenvalue weighted by atomic mass is 16.7. The third-order valence-electron chi connectivity index (χ3n) is 2.94. The van der Waals surface area contributed by atoms with Gasteiger partial charge in [0.25, 0.3) is 0 Å². The molecule has 0 N–H and O–H groups in total. The van der Waals surface area contributed by atoms with Gasteiger partial charge >= 0.3 is 5.97 Å². The van der Waals surface area contributed by atoms with E-state index in [1.807, 2.05) is 30.3 Å². The van der Waals surface area contributed by atoms with E-state index in [0.29, 0.717) is 12.9 Å². The van der Waals surface area contributed by atoms with Gasteiger partial charge in [-0.2, -0.15) is 0 Å². The van der Waals surface area contributed by atoms with Gasteiger partial charge < -0.3 is 23.7 Å². The van der Waals surface area contributed by atoms with Crippen molar-refractivity contribution in [1.82, 2.24) is 0 Å². The Balaban J connectivity index is 2.26. The Morgan fingerprint density at radius 1 is 1.17 bits per heavy atom. The van der Waals surface area contributed by atoms with Gasteiger partial charge in [-0.25, -0.2) is 4.79 Å². The zero-order valence-corrected chi connectivity index (χ0v) is 14.7. The quantitative estimate of drug-likeness (QED) is 0.282. The number of rotatable bonds is 10. The molecule has 0 heterocycles. The molecule has 0 amide bonds. The number of hydrogen-bond acceptors (Lipinski definition) is 6. The Hall–Kier alpha value is -1.76. The summed E-state index contributed by atoms with van der Waals surface area (Å²) >= 11 is 0. The van der Waals surface area contributed by atoms with E-state index in [9.17, 15) is 9.59 Å². The maximum absolute atomic E-state index is 11.6. The number of carbonyl (C=O) groups excluding carboxylic acids is 2. The Morgan fingerprint density at radius 2 is 1.83 bits per heavy atom. The van der Waals surface area contributed by atoms with E-state index >= 15 is 0 Å². The van der Waals surface area contributed by atoms with Crippen LogP contribution in [0.25, 0.3) is 0 Å². The summed E-state index contributed by atoms with van der Waals surface area (Å²) in [5.74, 6) is -0.526. The summed E-state index contributed by atoms with van der Waals surface area (Å²) in [6.45, 7) is 7.10. The van der Waals surface area contributed by atoms with Crippen LogP contribution < -0.4 is 0 Å². The minimum atomic E-state index is -0.863. The Bertz CT molecular complexity index is 494. The van der Waals surface area contributed by atoms with Crippen molar-refractivity contribution >= 4 is 12.3 Å². The fourth-order valence-corrected chi connectivity index (χ4v) is 1.80. The van der Waals surface area contributed by atoms with Gasteiger partial charge in [-0.05, 0) is 33.3 Å². The maximum atomic E-state index is 11.6. The van der Waals surface area contributed by atoms with E-state index in [1.165, 1.54) is 0 Å². The summed E-state index contributed by atoms with van der Waals surface area (Å²) in [6.07, 6.45) is -0.801. The topological polar surface area (TPSA) is 71.1 Å². The van der Waals surface area contributed by atoms with Gasteiger partial charge in [0.2, 0.25) is 0 Å². The molecule has 0 saturated heterocycles. The van der Waals surface area contributed by atoms with Crippen molar-refractivity contribution < 1.29 is 28.5 Å². The van der Waals surface area contributed by atoms with Crippen molar-refractivity contribution in [2.45, 2.75) is 52.1 Å². The summed E-state index contributed by atoms with van der Waals surface area (Å²) in [7, 11) is 0. The lowest BCUT2D eigenvalue weighted by molar-refractivity contribution is -0.169. The third kappa shape index (κ3) is 8.76. The van der Waals surface area contributed by atoms with Crippen LogP contribution in [0.2, 0.25) is 0 Å². The minimum Gasteiger partial charge on any atom is -0.458 e. The molecule has 0 bridgehead atoms. The maximum Gasteiger partial charge on any atom is 0.332 e. The summed E-state index contributed by atoms with van der Waals surface area (Å²) in [6, 6.07) is 9.67. The fourth-order valence-electron chi connectivity index (χ4n) is 1.80. The first-order chi connectivity index (χ1) is 11.3. The monoisotopic (exact) mass is 338 g/mol. The van der Waals surface area contributed by atoms with E-state index in [2.05, 4.69) is 0 Å².